The molecule has 10 nitrogen and oxygen atoms in total. The average Bonchev–Trinajstić information content (AvgIpc) is 3.30. The Morgan fingerprint density at radius 3 is 2.96 bits per heavy atom. The summed E-state index contributed by atoms with van der Waals surface area (Å²) in [6.45, 7) is 0.292. The van der Waals surface area contributed by atoms with Crippen LogP contribution < -0.4 is 11.1 Å². The molecular formula is C18H20N6O4. The molecule has 28 heavy (non-hydrogen) atoms. The monoisotopic (exact) mass is 384 g/mol. The van der Waals surface area contributed by atoms with Crippen LogP contribution in [0.3, 0.4) is 0 Å². The van der Waals surface area contributed by atoms with Crippen molar-refractivity contribution >= 4 is 23.1 Å². The molecule has 0 aliphatic carbocycles. The van der Waals surface area contributed by atoms with Gasteiger partial charge in [-0.2, -0.15) is 0 Å². The number of nitrogens with zero attached hydrogens (tertiary/aromatic N) is 4. The van der Waals surface area contributed by atoms with Crippen molar-refractivity contribution in [2.75, 3.05) is 12.3 Å². The number of ether oxygens (including phenoxy) is 2. The Kier molecular flexibility index (Phi) is 5.04. The molecule has 4 N–H and O–H groups in total. The number of imidazole rings is 1. The van der Waals surface area contributed by atoms with Gasteiger partial charge in [0.25, 0.3) is 0 Å². The third-order valence-corrected chi connectivity index (χ3v) is 4.56. The third-order valence-electron chi connectivity index (χ3n) is 4.56. The number of aliphatic hydroxyl groups is 1. The summed E-state index contributed by atoms with van der Waals surface area (Å²) in [6, 6.07) is 9.49. The second-order valence-corrected chi connectivity index (χ2v) is 6.45. The second kappa shape index (κ2) is 7.79. The molecule has 2 aromatic heterocycles. The Hall–Kier alpha value is -3.24. The van der Waals surface area contributed by atoms with Gasteiger partial charge in [0.1, 0.15) is 30.8 Å². The van der Waals surface area contributed by atoms with Crippen LogP contribution in [0, 0.1) is 0 Å². The molecule has 10 heteroatoms. The first-order valence-electron chi connectivity index (χ1n) is 8.83. The van der Waals surface area contributed by atoms with Crippen LogP contribution in [0.15, 0.2) is 43.0 Å². The lowest BCUT2D eigenvalue weighted by Gasteiger charge is -2.16. The molecule has 3 atom stereocenters. The van der Waals surface area contributed by atoms with E-state index in [2.05, 4.69) is 20.3 Å². The van der Waals surface area contributed by atoms with E-state index in [0.717, 1.165) is 5.56 Å². The zero-order valence-electron chi connectivity index (χ0n) is 14.9. The molecule has 0 unspecified atom stereocenters. The first-order valence-corrected chi connectivity index (χ1v) is 8.83. The van der Waals surface area contributed by atoms with E-state index in [4.69, 9.17) is 15.2 Å². The van der Waals surface area contributed by atoms with E-state index in [-0.39, 0.29) is 12.4 Å². The highest BCUT2D eigenvalue weighted by molar-refractivity contribution is 5.81. The summed E-state index contributed by atoms with van der Waals surface area (Å²) >= 11 is 0. The van der Waals surface area contributed by atoms with Crippen LogP contribution in [-0.4, -0.2) is 49.5 Å². The second-order valence-electron chi connectivity index (χ2n) is 6.45. The van der Waals surface area contributed by atoms with Crippen molar-refractivity contribution in [2.45, 2.75) is 31.4 Å². The van der Waals surface area contributed by atoms with Gasteiger partial charge in [0.15, 0.2) is 11.5 Å². The SMILES string of the molecule is Nc1ncnc2c1ncn2[C@H]1C[C@H](O)[C@@H](COC(=O)NCc2ccccc2)O1. The Morgan fingerprint density at radius 2 is 2.14 bits per heavy atom. The lowest BCUT2D eigenvalue weighted by Crippen LogP contribution is -2.31. The normalized spacial score (nSPS) is 21.7. The first-order chi connectivity index (χ1) is 13.6. The summed E-state index contributed by atoms with van der Waals surface area (Å²) < 4.78 is 12.7. The molecule has 0 spiro atoms. The van der Waals surface area contributed by atoms with Gasteiger partial charge in [-0.05, 0) is 5.56 Å². The number of aliphatic hydroxyl groups excluding tert-OH is 1. The summed E-state index contributed by atoms with van der Waals surface area (Å²) in [5, 5.41) is 12.9. The number of nitrogens with one attached hydrogen (secondary N) is 1. The standard InChI is InChI=1S/C18H20N6O4/c19-16-15-17(22-9-21-16)24(10-23-15)14-6-12(25)13(28-14)8-27-18(26)20-7-11-4-2-1-3-5-11/h1-5,9-10,12-14,25H,6-8H2,(H,20,26)(H2,19,21,22)/t12-,13+,14+/m0/s1. The largest absolute Gasteiger partial charge is 0.447 e. The lowest BCUT2D eigenvalue weighted by molar-refractivity contribution is -0.0464. The van der Waals surface area contributed by atoms with Crippen LogP contribution in [0.2, 0.25) is 0 Å². The van der Waals surface area contributed by atoms with Crippen LogP contribution in [0.1, 0.15) is 18.2 Å². The van der Waals surface area contributed by atoms with Gasteiger partial charge in [0.2, 0.25) is 0 Å². The maximum atomic E-state index is 11.9. The Bertz CT molecular complexity index is 963. The fraction of sp³-hybridized carbons (Fsp3) is 0.333. The summed E-state index contributed by atoms with van der Waals surface area (Å²) in [4.78, 5) is 24.2. The zero-order chi connectivity index (χ0) is 19.5. The molecule has 3 aromatic rings. The number of nitrogens with two attached hydrogens (primary N) is 1. The minimum atomic E-state index is -0.788. The van der Waals surface area contributed by atoms with E-state index in [1.54, 1.807) is 10.9 Å². The molecule has 1 saturated heterocycles. The lowest BCUT2D eigenvalue weighted by atomic mass is 10.2. The van der Waals surface area contributed by atoms with Crippen molar-refractivity contribution in [3.8, 4) is 0 Å². The number of nitrogen functional groups attached to an aromatic ring is 1. The van der Waals surface area contributed by atoms with Gasteiger partial charge in [-0.3, -0.25) is 4.57 Å². The van der Waals surface area contributed by atoms with Crippen molar-refractivity contribution in [2.24, 2.45) is 0 Å². The molecule has 0 radical (unpaired) electrons. The van der Waals surface area contributed by atoms with E-state index >= 15 is 0 Å². The van der Waals surface area contributed by atoms with Gasteiger partial charge in [0.05, 0.1) is 12.4 Å². The highest BCUT2D eigenvalue weighted by Gasteiger charge is 2.36. The molecule has 1 amide bonds. The quantitative estimate of drug-likeness (QED) is 0.592. The number of amides is 1. The van der Waals surface area contributed by atoms with Crippen LogP contribution in [0.25, 0.3) is 11.2 Å². The number of alkyl carbamates (subject to hydrolysis) is 1. The molecule has 1 aliphatic heterocycles. The summed E-state index contributed by atoms with van der Waals surface area (Å²) in [6.07, 6.45) is 0.705. The Balaban J connectivity index is 1.32. The molecule has 0 bridgehead atoms. The number of carbonyl (C=O) groups excluding carboxylic acids is 1. The van der Waals surface area contributed by atoms with Gasteiger partial charge >= 0.3 is 6.09 Å². The number of rotatable bonds is 5. The number of hydrogen-bond acceptors (Lipinski definition) is 8. The van der Waals surface area contributed by atoms with E-state index in [1.807, 2.05) is 30.3 Å². The van der Waals surface area contributed by atoms with E-state index in [9.17, 15) is 9.90 Å². The van der Waals surface area contributed by atoms with Crippen LogP contribution in [0.5, 0.6) is 0 Å². The van der Waals surface area contributed by atoms with Gasteiger partial charge in [-0.25, -0.2) is 19.7 Å². The molecule has 3 heterocycles. The highest BCUT2D eigenvalue weighted by atomic mass is 16.6. The zero-order valence-corrected chi connectivity index (χ0v) is 14.9. The molecule has 1 aliphatic rings. The first kappa shape index (κ1) is 18.1. The molecular weight excluding hydrogens is 364 g/mol. The number of benzene rings is 1. The van der Waals surface area contributed by atoms with Crippen molar-refractivity contribution in [3.05, 3.63) is 48.5 Å². The van der Waals surface area contributed by atoms with Crippen molar-refractivity contribution in [1.29, 1.82) is 0 Å². The van der Waals surface area contributed by atoms with Crippen LogP contribution in [0.4, 0.5) is 10.6 Å². The van der Waals surface area contributed by atoms with E-state index < -0.39 is 24.5 Å². The number of anilines is 1. The topological polar surface area (TPSA) is 137 Å². The smallest absolute Gasteiger partial charge is 0.407 e. The molecule has 146 valence electrons. The van der Waals surface area contributed by atoms with Crippen molar-refractivity contribution in [1.82, 2.24) is 24.8 Å². The predicted octanol–water partition coefficient (Wildman–Crippen LogP) is 0.983. The molecule has 1 fully saturated rings. The molecule has 0 saturated carbocycles. The van der Waals surface area contributed by atoms with Gasteiger partial charge < -0.3 is 25.6 Å². The van der Waals surface area contributed by atoms with Gasteiger partial charge in [-0.1, -0.05) is 30.3 Å². The summed E-state index contributed by atoms with van der Waals surface area (Å²) in [5.74, 6) is 0.275. The fourth-order valence-corrected chi connectivity index (χ4v) is 3.10. The predicted molar refractivity (Wildman–Crippen MR) is 98.9 cm³/mol. The van der Waals surface area contributed by atoms with Crippen molar-refractivity contribution in [3.63, 3.8) is 0 Å². The minimum Gasteiger partial charge on any atom is -0.447 e. The summed E-state index contributed by atoms with van der Waals surface area (Å²) in [5.41, 5.74) is 7.75. The van der Waals surface area contributed by atoms with Crippen molar-refractivity contribution < 1.29 is 19.4 Å². The van der Waals surface area contributed by atoms with Gasteiger partial charge in [-0.15, -0.1) is 0 Å². The number of hydrogen-bond donors (Lipinski definition) is 3. The minimum absolute atomic E-state index is 0.0674. The molecule has 1 aromatic carbocycles. The maximum Gasteiger partial charge on any atom is 0.407 e. The third kappa shape index (κ3) is 3.73. The Morgan fingerprint density at radius 1 is 1.32 bits per heavy atom. The maximum absolute atomic E-state index is 11.9. The van der Waals surface area contributed by atoms with E-state index in [1.165, 1.54) is 6.33 Å². The fourth-order valence-electron chi connectivity index (χ4n) is 3.10. The molecule has 4 rings (SSSR count). The number of aromatic nitrogens is 4. The van der Waals surface area contributed by atoms with E-state index in [0.29, 0.717) is 24.1 Å². The van der Waals surface area contributed by atoms with Crippen LogP contribution in [-0.2, 0) is 16.0 Å². The number of carbonyl (C=O) groups is 1. The van der Waals surface area contributed by atoms with Crippen LogP contribution >= 0.6 is 0 Å². The Labute approximate surface area is 160 Å². The summed E-state index contributed by atoms with van der Waals surface area (Å²) in [7, 11) is 0. The van der Waals surface area contributed by atoms with Gasteiger partial charge in [0, 0.05) is 13.0 Å². The highest BCUT2D eigenvalue weighted by Crippen LogP contribution is 2.31. The number of fused-ring (bicyclic) bond motifs is 1. The average molecular weight is 384 g/mol.